The Bertz CT molecular complexity index is 2890. The maximum atomic E-state index is 2.40. The SMILES string of the molecule is c1ccc(-c2ccc(-c3ccccc3N(c3ccc(-c4ccc5c6ccccc6c6ccccc6c5c4)cc3)c3ccc4ccccc4c3)cc2)cc1. The van der Waals surface area contributed by atoms with Gasteiger partial charge in [-0.2, -0.15) is 0 Å². The molecule has 0 N–H and O–H groups in total. The summed E-state index contributed by atoms with van der Waals surface area (Å²) in [6, 6.07) is 77.2. The zero-order chi connectivity index (χ0) is 35.1. The standard InChI is InChI=1S/C52H35N/c1-2-12-36(13-3-1)38-22-24-40(25-23-38)45-16-10-11-21-52(45)53(44-32-28-37-14-4-5-15-41(37)34-44)43-30-26-39(27-31-43)42-29-33-50-48-19-7-6-17-46(48)47-18-8-9-20-49(47)51(50)35-42/h1-35H. The number of anilines is 3. The molecule has 0 unspecified atom stereocenters. The second-order valence-electron chi connectivity index (χ2n) is 13.7. The predicted molar refractivity (Wildman–Crippen MR) is 227 cm³/mol. The van der Waals surface area contributed by atoms with Gasteiger partial charge in [-0.3, -0.25) is 0 Å². The molecular weight excluding hydrogens is 639 g/mol. The van der Waals surface area contributed by atoms with Gasteiger partial charge in [0.25, 0.3) is 0 Å². The van der Waals surface area contributed by atoms with Crippen LogP contribution >= 0.6 is 0 Å². The molecule has 0 aliphatic rings. The number of benzene rings is 10. The first-order chi connectivity index (χ1) is 26.3. The van der Waals surface area contributed by atoms with Gasteiger partial charge in [0.1, 0.15) is 0 Å². The number of para-hydroxylation sites is 1. The van der Waals surface area contributed by atoms with Crippen LogP contribution in [0.4, 0.5) is 17.1 Å². The molecule has 1 nitrogen and oxygen atoms in total. The predicted octanol–water partition coefficient (Wildman–Crippen LogP) is 14.8. The van der Waals surface area contributed by atoms with Gasteiger partial charge in [0.05, 0.1) is 5.69 Å². The smallest absolute Gasteiger partial charge is 0.0540 e. The van der Waals surface area contributed by atoms with Crippen LogP contribution in [0.5, 0.6) is 0 Å². The summed E-state index contributed by atoms with van der Waals surface area (Å²) < 4.78 is 0. The molecule has 0 bridgehead atoms. The topological polar surface area (TPSA) is 3.24 Å². The van der Waals surface area contributed by atoms with Crippen LogP contribution < -0.4 is 4.90 Å². The Hall–Kier alpha value is -6.96. The highest BCUT2D eigenvalue weighted by Crippen LogP contribution is 2.43. The van der Waals surface area contributed by atoms with E-state index in [-0.39, 0.29) is 0 Å². The first-order valence-electron chi connectivity index (χ1n) is 18.3. The summed E-state index contributed by atoms with van der Waals surface area (Å²) in [6.45, 7) is 0. The maximum absolute atomic E-state index is 2.40. The Morgan fingerprint density at radius 2 is 0.717 bits per heavy atom. The molecule has 0 aromatic heterocycles. The monoisotopic (exact) mass is 673 g/mol. The molecule has 0 spiro atoms. The minimum Gasteiger partial charge on any atom is -0.310 e. The summed E-state index contributed by atoms with van der Waals surface area (Å²) >= 11 is 0. The maximum Gasteiger partial charge on any atom is 0.0540 e. The number of hydrogen-bond donors (Lipinski definition) is 0. The lowest BCUT2D eigenvalue weighted by molar-refractivity contribution is 1.29. The van der Waals surface area contributed by atoms with E-state index in [4.69, 9.17) is 0 Å². The molecule has 248 valence electrons. The molecule has 0 saturated heterocycles. The lowest BCUT2D eigenvalue weighted by Crippen LogP contribution is -2.11. The van der Waals surface area contributed by atoms with E-state index in [2.05, 4.69) is 217 Å². The fraction of sp³-hybridized carbons (Fsp3) is 0. The van der Waals surface area contributed by atoms with Crippen LogP contribution in [0.25, 0.3) is 76.5 Å². The minimum absolute atomic E-state index is 1.11. The number of hydrogen-bond acceptors (Lipinski definition) is 1. The van der Waals surface area contributed by atoms with Gasteiger partial charge in [-0.1, -0.05) is 176 Å². The van der Waals surface area contributed by atoms with Crippen molar-refractivity contribution in [1.29, 1.82) is 0 Å². The summed E-state index contributed by atoms with van der Waals surface area (Å²) in [5, 5.41) is 10.2. The van der Waals surface area contributed by atoms with Gasteiger partial charge in [0.2, 0.25) is 0 Å². The second-order valence-corrected chi connectivity index (χ2v) is 13.7. The first kappa shape index (κ1) is 30.8. The third kappa shape index (κ3) is 5.51. The summed E-state index contributed by atoms with van der Waals surface area (Å²) in [7, 11) is 0. The molecule has 53 heavy (non-hydrogen) atoms. The van der Waals surface area contributed by atoms with E-state index in [1.807, 2.05) is 0 Å². The van der Waals surface area contributed by atoms with Gasteiger partial charge in [0.15, 0.2) is 0 Å². The molecule has 10 aromatic rings. The fourth-order valence-electron chi connectivity index (χ4n) is 8.02. The van der Waals surface area contributed by atoms with E-state index in [1.54, 1.807) is 0 Å². The van der Waals surface area contributed by atoms with Crippen molar-refractivity contribution in [2.45, 2.75) is 0 Å². The number of fused-ring (bicyclic) bond motifs is 7. The van der Waals surface area contributed by atoms with Gasteiger partial charge < -0.3 is 4.90 Å². The average molecular weight is 674 g/mol. The normalized spacial score (nSPS) is 11.4. The third-order valence-electron chi connectivity index (χ3n) is 10.6. The molecule has 10 aromatic carbocycles. The molecule has 0 aliphatic heterocycles. The van der Waals surface area contributed by atoms with Crippen molar-refractivity contribution >= 4 is 60.2 Å². The van der Waals surface area contributed by atoms with E-state index in [0.717, 1.165) is 17.1 Å². The molecule has 0 atom stereocenters. The summed E-state index contributed by atoms with van der Waals surface area (Å²) in [4.78, 5) is 2.40. The molecule has 10 rings (SSSR count). The van der Waals surface area contributed by atoms with Gasteiger partial charge in [-0.15, -0.1) is 0 Å². The second kappa shape index (κ2) is 13.0. The van der Waals surface area contributed by atoms with Crippen LogP contribution in [0, 0.1) is 0 Å². The number of nitrogens with zero attached hydrogens (tertiary/aromatic N) is 1. The van der Waals surface area contributed by atoms with E-state index >= 15 is 0 Å². The van der Waals surface area contributed by atoms with Crippen molar-refractivity contribution < 1.29 is 0 Å². The molecule has 0 amide bonds. The van der Waals surface area contributed by atoms with Gasteiger partial charge >= 0.3 is 0 Å². The lowest BCUT2D eigenvalue weighted by Gasteiger charge is -2.28. The van der Waals surface area contributed by atoms with E-state index in [0.29, 0.717) is 0 Å². The molecule has 0 saturated carbocycles. The largest absolute Gasteiger partial charge is 0.310 e. The van der Waals surface area contributed by atoms with Crippen molar-refractivity contribution in [3.05, 3.63) is 212 Å². The van der Waals surface area contributed by atoms with E-state index in [1.165, 1.54) is 76.5 Å². The molecule has 0 heterocycles. The molecule has 0 aliphatic carbocycles. The number of rotatable bonds is 6. The highest BCUT2D eigenvalue weighted by molar-refractivity contribution is 6.25. The van der Waals surface area contributed by atoms with Crippen LogP contribution in [0.15, 0.2) is 212 Å². The zero-order valence-electron chi connectivity index (χ0n) is 29.2. The molecule has 1 heteroatoms. The summed E-state index contributed by atoms with van der Waals surface area (Å²) in [5.41, 5.74) is 10.5. The molecule has 0 radical (unpaired) electrons. The lowest BCUT2D eigenvalue weighted by atomic mass is 9.92. The first-order valence-corrected chi connectivity index (χ1v) is 18.3. The van der Waals surface area contributed by atoms with E-state index in [9.17, 15) is 0 Å². The average Bonchev–Trinajstić information content (AvgIpc) is 3.24. The Morgan fingerprint density at radius 3 is 1.43 bits per heavy atom. The van der Waals surface area contributed by atoms with Crippen LogP contribution in [-0.2, 0) is 0 Å². The summed E-state index contributed by atoms with van der Waals surface area (Å²) in [6.07, 6.45) is 0. The highest BCUT2D eigenvalue weighted by atomic mass is 15.1. The van der Waals surface area contributed by atoms with Crippen molar-refractivity contribution in [1.82, 2.24) is 0 Å². The minimum atomic E-state index is 1.11. The van der Waals surface area contributed by atoms with Gasteiger partial charge in [0, 0.05) is 16.9 Å². The van der Waals surface area contributed by atoms with Gasteiger partial charge in [-0.25, -0.2) is 0 Å². The van der Waals surface area contributed by atoms with Crippen molar-refractivity contribution in [3.63, 3.8) is 0 Å². The Morgan fingerprint density at radius 1 is 0.245 bits per heavy atom. The van der Waals surface area contributed by atoms with Crippen molar-refractivity contribution in [3.8, 4) is 33.4 Å². The van der Waals surface area contributed by atoms with Crippen molar-refractivity contribution in [2.24, 2.45) is 0 Å². The fourth-order valence-corrected chi connectivity index (χ4v) is 8.02. The third-order valence-corrected chi connectivity index (χ3v) is 10.6. The zero-order valence-corrected chi connectivity index (χ0v) is 29.2. The van der Waals surface area contributed by atoms with Crippen molar-refractivity contribution in [2.75, 3.05) is 4.90 Å². The molecular formula is C52H35N. The molecule has 0 fully saturated rings. The Kier molecular flexibility index (Phi) is 7.55. The van der Waals surface area contributed by atoms with Crippen LogP contribution in [0.1, 0.15) is 0 Å². The van der Waals surface area contributed by atoms with Crippen LogP contribution in [0.3, 0.4) is 0 Å². The quantitative estimate of drug-likeness (QED) is 0.159. The van der Waals surface area contributed by atoms with E-state index < -0.39 is 0 Å². The highest BCUT2D eigenvalue weighted by Gasteiger charge is 2.18. The Balaban J connectivity index is 1.09. The van der Waals surface area contributed by atoms with Crippen LogP contribution in [0.2, 0.25) is 0 Å². The van der Waals surface area contributed by atoms with Gasteiger partial charge in [-0.05, 0) is 107 Å². The Labute approximate surface area is 309 Å². The summed E-state index contributed by atoms with van der Waals surface area (Å²) in [5.74, 6) is 0. The van der Waals surface area contributed by atoms with Crippen LogP contribution in [-0.4, -0.2) is 0 Å².